The molecule has 72 valence electrons. The lowest BCUT2D eigenvalue weighted by atomic mass is 10.1. The molecule has 0 aromatic heterocycles. The zero-order valence-electron chi connectivity index (χ0n) is 8.50. The standard InChI is InChI=1S/C11H17NO/c1-8-4-5-11(9(2)6-8)13-7-10(3)12/h4-6,10H,7,12H2,1-3H3. The number of hydrogen-bond donors (Lipinski definition) is 1. The lowest BCUT2D eigenvalue weighted by Gasteiger charge is -2.11. The Morgan fingerprint density at radius 3 is 2.62 bits per heavy atom. The van der Waals surface area contributed by atoms with E-state index in [1.165, 1.54) is 11.1 Å². The number of rotatable bonds is 3. The van der Waals surface area contributed by atoms with Crippen LogP contribution in [0.25, 0.3) is 0 Å². The number of aryl methyl sites for hydroxylation is 2. The van der Waals surface area contributed by atoms with Crippen molar-refractivity contribution in [3.63, 3.8) is 0 Å². The Labute approximate surface area is 79.7 Å². The molecule has 0 spiro atoms. The van der Waals surface area contributed by atoms with Crippen LogP contribution in [0.1, 0.15) is 18.1 Å². The van der Waals surface area contributed by atoms with Gasteiger partial charge in [-0.25, -0.2) is 0 Å². The molecule has 0 fully saturated rings. The molecule has 0 saturated heterocycles. The maximum atomic E-state index is 5.60. The molecular weight excluding hydrogens is 162 g/mol. The van der Waals surface area contributed by atoms with Crippen molar-refractivity contribution in [1.82, 2.24) is 0 Å². The monoisotopic (exact) mass is 179 g/mol. The second kappa shape index (κ2) is 4.28. The van der Waals surface area contributed by atoms with E-state index in [9.17, 15) is 0 Å². The van der Waals surface area contributed by atoms with Crippen molar-refractivity contribution in [2.45, 2.75) is 26.8 Å². The van der Waals surface area contributed by atoms with E-state index in [-0.39, 0.29) is 6.04 Å². The third-order valence-corrected chi connectivity index (χ3v) is 1.83. The number of ether oxygens (including phenoxy) is 1. The van der Waals surface area contributed by atoms with Gasteiger partial charge in [-0.1, -0.05) is 17.7 Å². The first kappa shape index (κ1) is 10.1. The highest BCUT2D eigenvalue weighted by molar-refractivity contribution is 5.35. The van der Waals surface area contributed by atoms with Gasteiger partial charge in [0.25, 0.3) is 0 Å². The highest BCUT2D eigenvalue weighted by Gasteiger charge is 2.00. The van der Waals surface area contributed by atoms with Gasteiger partial charge >= 0.3 is 0 Å². The van der Waals surface area contributed by atoms with Crippen LogP contribution in [0.15, 0.2) is 18.2 Å². The highest BCUT2D eigenvalue weighted by atomic mass is 16.5. The van der Waals surface area contributed by atoms with Gasteiger partial charge < -0.3 is 10.5 Å². The Kier molecular flexibility index (Phi) is 3.32. The van der Waals surface area contributed by atoms with E-state index >= 15 is 0 Å². The van der Waals surface area contributed by atoms with Gasteiger partial charge in [-0.3, -0.25) is 0 Å². The molecule has 1 unspecified atom stereocenters. The van der Waals surface area contributed by atoms with Gasteiger partial charge in [0, 0.05) is 6.04 Å². The Bertz CT molecular complexity index is 281. The summed E-state index contributed by atoms with van der Waals surface area (Å²) in [7, 11) is 0. The quantitative estimate of drug-likeness (QED) is 0.770. The van der Waals surface area contributed by atoms with E-state index in [1.807, 2.05) is 26.0 Å². The van der Waals surface area contributed by atoms with E-state index in [0.717, 1.165) is 5.75 Å². The van der Waals surface area contributed by atoms with Crippen LogP contribution < -0.4 is 10.5 Å². The van der Waals surface area contributed by atoms with Crippen LogP contribution in [-0.4, -0.2) is 12.6 Å². The summed E-state index contributed by atoms with van der Waals surface area (Å²) in [6.07, 6.45) is 0. The van der Waals surface area contributed by atoms with Gasteiger partial charge in [-0.05, 0) is 32.4 Å². The third-order valence-electron chi connectivity index (χ3n) is 1.83. The zero-order chi connectivity index (χ0) is 9.84. The van der Waals surface area contributed by atoms with Crippen molar-refractivity contribution in [3.8, 4) is 5.75 Å². The molecule has 0 heterocycles. The molecule has 2 heteroatoms. The van der Waals surface area contributed by atoms with Crippen LogP contribution in [0, 0.1) is 13.8 Å². The molecule has 0 amide bonds. The number of nitrogens with two attached hydrogens (primary N) is 1. The minimum absolute atomic E-state index is 0.0840. The Hall–Kier alpha value is -1.02. The SMILES string of the molecule is Cc1ccc(OCC(C)N)c(C)c1. The largest absolute Gasteiger partial charge is 0.492 e. The topological polar surface area (TPSA) is 35.2 Å². The summed E-state index contributed by atoms with van der Waals surface area (Å²) < 4.78 is 5.53. The molecule has 0 bridgehead atoms. The van der Waals surface area contributed by atoms with Gasteiger partial charge in [0.05, 0.1) is 0 Å². The van der Waals surface area contributed by atoms with Gasteiger partial charge in [-0.15, -0.1) is 0 Å². The van der Waals surface area contributed by atoms with Gasteiger partial charge in [-0.2, -0.15) is 0 Å². The van der Waals surface area contributed by atoms with E-state index in [2.05, 4.69) is 13.0 Å². The van der Waals surface area contributed by atoms with E-state index < -0.39 is 0 Å². The van der Waals surface area contributed by atoms with E-state index in [0.29, 0.717) is 6.61 Å². The third kappa shape index (κ3) is 3.07. The van der Waals surface area contributed by atoms with Crippen LogP contribution in [0.2, 0.25) is 0 Å². The predicted octanol–water partition coefficient (Wildman–Crippen LogP) is 2.03. The van der Waals surface area contributed by atoms with E-state index in [1.54, 1.807) is 0 Å². The normalized spacial score (nSPS) is 12.6. The van der Waals surface area contributed by atoms with Crippen molar-refractivity contribution in [1.29, 1.82) is 0 Å². The molecule has 1 atom stereocenters. The smallest absolute Gasteiger partial charge is 0.122 e. The molecule has 2 nitrogen and oxygen atoms in total. The molecule has 1 aromatic rings. The fourth-order valence-electron chi connectivity index (χ4n) is 1.18. The summed E-state index contributed by atoms with van der Waals surface area (Å²) >= 11 is 0. The minimum Gasteiger partial charge on any atom is -0.492 e. The van der Waals surface area contributed by atoms with Crippen LogP contribution in [0.5, 0.6) is 5.75 Å². The van der Waals surface area contributed by atoms with E-state index in [4.69, 9.17) is 10.5 Å². The van der Waals surface area contributed by atoms with Gasteiger partial charge in [0.15, 0.2) is 0 Å². The van der Waals surface area contributed by atoms with Gasteiger partial charge in [0.2, 0.25) is 0 Å². The Morgan fingerprint density at radius 1 is 1.38 bits per heavy atom. The van der Waals surface area contributed by atoms with Crippen molar-refractivity contribution in [2.75, 3.05) is 6.61 Å². The molecule has 13 heavy (non-hydrogen) atoms. The lowest BCUT2D eigenvalue weighted by molar-refractivity contribution is 0.294. The molecule has 0 aliphatic carbocycles. The van der Waals surface area contributed by atoms with Crippen LogP contribution >= 0.6 is 0 Å². The van der Waals surface area contributed by atoms with Crippen molar-refractivity contribution in [3.05, 3.63) is 29.3 Å². The minimum atomic E-state index is 0.0840. The first-order chi connectivity index (χ1) is 6.09. The summed E-state index contributed by atoms with van der Waals surface area (Å²) in [5.41, 5.74) is 8.02. The number of benzene rings is 1. The first-order valence-electron chi connectivity index (χ1n) is 4.55. The summed E-state index contributed by atoms with van der Waals surface area (Å²) in [5, 5.41) is 0. The predicted molar refractivity (Wildman–Crippen MR) is 55.1 cm³/mol. The summed E-state index contributed by atoms with van der Waals surface area (Å²) in [6.45, 7) is 6.62. The summed E-state index contributed by atoms with van der Waals surface area (Å²) in [4.78, 5) is 0. The van der Waals surface area contributed by atoms with Crippen LogP contribution in [0.4, 0.5) is 0 Å². The van der Waals surface area contributed by atoms with Crippen LogP contribution in [-0.2, 0) is 0 Å². The van der Waals surface area contributed by atoms with Crippen molar-refractivity contribution >= 4 is 0 Å². The van der Waals surface area contributed by atoms with Crippen LogP contribution in [0.3, 0.4) is 0 Å². The molecule has 0 radical (unpaired) electrons. The van der Waals surface area contributed by atoms with Gasteiger partial charge in [0.1, 0.15) is 12.4 Å². The maximum Gasteiger partial charge on any atom is 0.122 e. The second-order valence-corrected chi connectivity index (χ2v) is 3.56. The Balaban J connectivity index is 2.67. The summed E-state index contributed by atoms with van der Waals surface area (Å²) in [6, 6.07) is 6.23. The van der Waals surface area contributed by atoms with Crippen molar-refractivity contribution < 1.29 is 4.74 Å². The fraction of sp³-hybridized carbons (Fsp3) is 0.455. The zero-order valence-corrected chi connectivity index (χ0v) is 8.50. The second-order valence-electron chi connectivity index (χ2n) is 3.56. The average molecular weight is 179 g/mol. The molecule has 1 aromatic carbocycles. The first-order valence-corrected chi connectivity index (χ1v) is 4.55. The fourth-order valence-corrected chi connectivity index (χ4v) is 1.18. The lowest BCUT2D eigenvalue weighted by Crippen LogP contribution is -2.23. The maximum absolute atomic E-state index is 5.60. The highest BCUT2D eigenvalue weighted by Crippen LogP contribution is 2.18. The number of hydrogen-bond acceptors (Lipinski definition) is 2. The summed E-state index contributed by atoms with van der Waals surface area (Å²) in [5.74, 6) is 0.933. The molecule has 0 saturated carbocycles. The molecule has 0 aliphatic rings. The molecule has 1 rings (SSSR count). The average Bonchev–Trinajstić information content (AvgIpc) is 2.02. The molecule has 2 N–H and O–H groups in total. The molecular formula is C11H17NO. The Morgan fingerprint density at radius 2 is 2.08 bits per heavy atom. The molecule has 0 aliphatic heterocycles. The van der Waals surface area contributed by atoms with Crippen molar-refractivity contribution in [2.24, 2.45) is 5.73 Å².